The highest BCUT2D eigenvalue weighted by Gasteiger charge is 2.16. The second kappa shape index (κ2) is 11.9. The lowest BCUT2D eigenvalue weighted by molar-refractivity contribution is -0.139. The Hall–Kier alpha value is -1.63. The summed E-state index contributed by atoms with van der Waals surface area (Å²) in [6.07, 6.45) is 1.25. The summed E-state index contributed by atoms with van der Waals surface area (Å²) >= 11 is 0. The van der Waals surface area contributed by atoms with Gasteiger partial charge in [0.1, 0.15) is 6.04 Å². The van der Waals surface area contributed by atoms with E-state index in [1.54, 1.807) is 7.11 Å². The van der Waals surface area contributed by atoms with Gasteiger partial charge in [0.15, 0.2) is 0 Å². The van der Waals surface area contributed by atoms with Crippen LogP contribution in [0.25, 0.3) is 0 Å². The maximum absolute atomic E-state index is 11.8. The number of ether oxygens (including phenoxy) is 1. The summed E-state index contributed by atoms with van der Waals surface area (Å²) in [6.45, 7) is 2.84. The van der Waals surface area contributed by atoms with Gasteiger partial charge >= 0.3 is 5.97 Å². The topological polar surface area (TPSA) is 87.7 Å². The summed E-state index contributed by atoms with van der Waals surface area (Å²) < 4.78 is 5.07. The largest absolute Gasteiger partial charge is 0.480 e. The van der Waals surface area contributed by atoms with Crippen LogP contribution in [0.5, 0.6) is 0 Å². The van der Waals surface area contributed by atoms with Crippen molar-refractivity contribution in [1.29, 1.82) is 0 Å². The number of carbonyl (C=O) groups excluding carboxylic acids is 1. The van der Waals surface area contributed by atoms with E-state index in [0.717, 1.165) is 17.5 Å². The molecule has 0 aliphatic carbocycles. The zero-order valence-corrected chi connectivity index (χ0v) is 14.3. The van der Waals surface area contributed by atoms with E-state index < -0.39 is 12.0 Å². The fourth-order valence-electron chi connectivity index (χ4n) is 2.08. The molecule has 7 heteroatoms. The molecule has 0 fully saturated rings. The van der Waals surface area contributed by atoms with Crippen molar-refractivity contribution in [3.63, 3.8) is 0 Å². The molecule has 0 aromatic heterocycles. The van der Waals surface area contributed by atoms with Gasteiger partial charge in [-0.25, -0.2) is 0 Å². The van der Waals surface area contributed by atoms with Crippen molar-refractivity contribution in [2.24, 2.45) is 0 Å². The van der Waals surface area contributed by atoms with Gasteiger partial charge in [-0.05, 0) is 17.5 Å². The molecular weight excluding hydrogens is 320 g/mol. The highest BCUT2D eigenvalue weighted by atomic mass is 35.5. The van der Waals surface area contributed by atoms with E-state index in [1.165, 1.54) is 0 Å². The number of hydrogen-bond acceptors (Lipinski definition) is 4. The number of carboxylic acid groups (broad SMARTS) is 1. The lowest BCUT2D eigenvalue weighted by Gasteiger charge is -2.13. The van der Waals surface area contributed by atoms with Crippen LogP contribution in [0.15, 0.2) is 24.3 Å². The Balaban J connectivity index is 0.00000484. The van der Waals surface area contributed by atoms with Gasteiger partial charge in [0.2, 0.25) is 5.91 Å². The van der Waals surface area contributed by atoms with Gasteiger partial charge in [0.05, 0.1) is 13.2 Å². The molecule has 0 bridgehead atoms. The summed E-state index contributed by atoms with van der Waals surface area (Å²) in [5.41, 5.74) is 2.02. The number of hydrogen-bond donors (Lipinski definition) is 3. The first-order valence-corrected chi connectivity index (χ1v) is 7.36. The minimum atomic E-state index is -0.929. The molecule has 3 N–H and O–H groups in total. The molecule has 0 heterocycles. The van der Waals surface area contributed by atoms with Crippen LogP contribution in [0.3, 0.4) is 0 Å². The molecule has 23 heavy (non-hydrogen) atoms. The van der Waals surface area contributed by atoms with Crippen LogP contribution >= 0.6 is 12.4 Å². The van der Waals surface area contributed by atoms with Crippen LogP contribution in [0.4, 0.5) is 0 Å². The lowest BCUT2D eigenvalue weighted by atomic mass is 10.1. The Bertz CT molecular complexity index is 497. The molecule has 1 aromatic carbocycles. The summed E-state index contributed by atoms with van der Waals surface area (Å²) in [4.78, 5) is 22.7. The predicted molar refractivity (Wildman–Crippen MR) is 90.6 cm³/mol. The van der Waals surface area contributed by atoms with Crippen LogP contribution in [0, 0.1) is 0 Å². The Morgan fingerprint density at radius 2 is 2.00 bits per heavy atom. The first-order chi connectivity index (χ1) is 10.6. The average Bonchev–Trinajstić information content (AvgIpc) is 2.50. The summed E-state index contributed by atoms with van der Waals surface area (Å²) in [5.74, 6) is -1.15. The molecule has 1 aromatic rings. The zero-order chi connectivity index (χ0) is 16.4. The minimum Gasteiger partial charge on any atom is -0.480 e. The number of benzene rings is 1. The molecule has 1 atom stereocenters. The van der Waals surface area contributed by atoms with Gasteiger partial charge in [-0.2, -0.15) is 0 Å². The first-order valence-electron chi connectivity index (χ1n) is 7.36. The van der Waals surface area contributed by atoms with E-state index in [-0.39, 0.29) is 24.9 Å². The summed E-state index contributed by atoms with van der Waals surface area (Å²) in [7, 11) is 1.63. The smallest absolute Gasteiger partial charge is 0.320 e. The number of aliphatic carboxylic acids is 1. The first kappa shape index (κ1) is 21.4. The third-order valence-corrected chi connectivity index (χ3v) is 3.18. The molecule has 0 radical (unpaired) electrons. The molecule has 1 unspecified atom stereocenters. The van der Waals surface area contributed by atoms with Crippen LogP contribution in [-0.2, 0) is 27.5 Å². The van der Waals surface area contributed by atoms with Crippen molar-refractivity contribution >= 4 is 24.3 Å². The van der Waals surface area contributed by atoms with Crippen molar-refractivity contribution in [2.45, 2.75) is 39.0 Å². The normalized spacial score (nSPS) is 11.4. The van der Waals surface area contributed by atoms with Crippen LogP contribution in [0.1, 0.15) is 30.9 Å². The maximum atomic E-state index is 11.8. The van der Waals surface area contributed by atoms with E-state index in [4.69, 9.17) is 9.84 Å². The van der Waals surface area contributed by atoms with Gasteiger partial charge in [0, 0.05) is 13.7 Å². The Labute approximate surface area is 143 Å². The van der Waals surface area contributed by atoms with Gasteiger partial charge < -0.3 is 15.2 Å². The second-order valence-corrected chi connectivity index (χ2v) is 5.09. The monoisotopic (exact) mass is 344 g/mol. The molecule has 0 aliphatic heterocycles. The Kier molecular flexibility index (Phi) is 11.0. The number of methoxy groups -OCH3 is 1. The van der Waals surface area contributed by atoms with Crippen LogP contribution in [-0.4, -0.2) is 36.7 Å². The second-order valence-electron chi connectivity index (χ2n) is 5.09. The zero-order valence-electron chi connectivity index (χ0n) is 13.5. The van der Waals surface area contributed by atoms with Crippen LogP contribution < -0.4 is 10.6 Å². The van der Waals surface area contributed by atoms with E-state index in [9.17, 15) is 9.59 Å². The van der Waals surface area contributed by atoms with Crippen molar-refractivity contribution in [3.8, 4) is 0 Å². The highest BCUT2D eigenvalue weighted by molar-refractivity contribution is 5.85. The molecule has 6 nitrogen and oxygen atoms in total. The molecule has 1 amide bonds. The van der Waals surface area contributed by atoms with Crippen molar-refractivity contribution < 1.29 is 19.4 Å². The summed E-state index contributed by atoms with van der Waals surface area (Å²) in [5, 5.41) is 14.5. The SMILES string of the molecule is CCCC(NCC(=O)NCc1cccc(COC)c1)C(=O)O.Cl. The van der Waals surface area contributed by atoms with Gasteiger partial charge in [-0.15, -0.1) is 12.4 Å². The highest BCUT2D eigenvalue weighted by Crippen LogP contribution is 2.06. The lowest BCUT2D eigenvalue weighted by Crippen LogP contribution is -2.42. The number of carbonyl (C=O) groups is 2. The minimum absolute atomic E-state index is 0. The number of carboxylic acids is 1. The molecule has 130 valence electrons. The summed E-state index contributed by atoms with van der Waals surface area (Å²) in [6, 6.07) is 7.08. The average molecular weight is 345 g/mol. The third kappa shape index (κ3) is 8.54. The molecule has 0 saturated carbocycles. The van der Waals surface area contributed by atoms with Gasteiger partial charge in [-0.3, -0.25) is 14.9 Å². The quantitative estimate of drug-likeness (QED) is 0.601. The maximum Gasteiger partial charge on any atom is 0.320 e. The predicted octanol–water partition coefficient (Wildman–Crippen LogP) is 1.71. The molecule has 1 rings (SSSR count). The van der Waals surface area contributed by atoms with Gasteiger partial charge in [0.25, 0.3) is 0 Å². The van der Waals surface area contributed by atoms with E-state index in [0.29, 0.717) is 19.6 Å². The number of rotatable bonds is 10. The number of amides is 1. The molecule has 0 saturated heterocycles. The number of halogens is 1. The van der Waals surface area contributed by atoms with Crippen LogP contribution in [0.2, 0.25) is 0 Å². The third-order valence-electron chi connectivity index (χ3n) is 3.18. The van der Waals surface area contributed by atoms with E-state index >= 15 is 0 Å². The number of nitrogens with one attached hydrogen (secondary N) is 2. The van der Waals surface area contributed by atoms with Crippen molar-refractivity contribution in [3.05, 3.63) is 35.4 Å². The molecular formula is C16H25ClN2O4. The van der Waals surface area contributed by atoms with E-state index in [2.05, 4.69) is 10.6 Å². The van der Waals surface area contributed by atoms with Gasteiger partial charge in [-0.1, -0.05) is 37.6 Å². The standard InChI is InChI=1S/C16H24N2O4.ClH/c1-3-5-14(16(20)21)17-10-15(19)18-9-12-6-4-7-13(8-12)11-22-2;/h4,6-8,14,17H,3,5,9-11H2,1-2H3,(H,18,19)(H,20,21);1H. The Morgan fingerprint density at radius 1 is 1.30 bits per heavy atom. The van der Waals surface area contributed by atoms with E-state index in [1.807, 2.05) is 31.2 Å². The molecule has 0 spiro atoms. The van der Waals surface area contributed by atoms with Crippen molar-refractivity contribution in [2.75, 3.05) is 13.7 Å². The Morgan fingerprint density at radius 3 is 2.61 bits per heavy atom. The van der Waals surface area contributed by atoms with Crippen molar-refractivity contribution in [1.82, 2.24) is 10.6 Å². The fourth-order valence-corrected chi connectivity index (χ4v) is 2.08. The molecule has 0 aliphatic rings. The fraction of sp³-hybridized carbons (Fsp3) is 0.500.